The topological polar surface area (TPSA) is 192 Å². The van der Waals surface area contributed by atoms with E-state index in [4.69, 9.17) is 14.0 Å². The van der Waals surface area contributed by atoms with Gasteiger partial charge in [-0.15, -0.1) is 0 Å². The third-order valence-corrected chi connectivity index (χ3v) is 11.5. The summed E-state index contributed by atoms with van der Waals surface area (Å²) < 4.78 is 47.5. The van der Waals surface area contributed by atoms with Crippen LogP contribution in [0.2, 0.25) is 0 Å². The molecule has 6 N–H and O–H groups in total. The van der Waals surface area contributed by atoms with E-state index in [1.807, 2.05) is 0 Å². The Morgan fingerprint density at radius 2 is 1.12 bits per heavy atom. The molecule has 0 aromatic heterocycles. The number of ether oxygens (including phenoxy) is 2. The number of hydrogen-bond acceptors (Lipinski definition) is 10. The molecular formula is C44H85NO11S. The largest absolute Gasteiger partial charge is 0.397 e. The molecule has 0 bridgehead atoms. The van der Waals surface area contributed by atoms with Crippen LogP contribution in [0.1, 0.15) is 206 Å². The number of allylic oxidation sites excluding steroid dienone is 2. The van der Waals surface area contributed by atoms with Gasteiger partial charge in [0.05, 0.1) is 25.4 Å². The predicted molar refractivity (Wildman–Crippen MR) is 227 cm³/mol. The maximum absolute atomic E-state index is 12.9. The standard InChI is InChI=1S/C44H85NO11S/c1-3-5-7-9-11-13-14-15-16-17-18-19-20-21-22-23-24-26-27-29-31-33-38(47)37(45-40(48)34-32-30-28-25-12-10-8-6-4-2)36-54-44-42(50)43(56-57(51,52)53)41(49)39(35-46)55-44/h25,28,37-39,41-44,46-47,49-50H,3-24,26-27,29-36H2,1-2H3,(H,45,48)(H,51,52,53)/b28-25-. The minimum Gasteiger partial charge on any atom is -0.394 e. The molecule has 1 amide bonds. The fourth-order valence-electron chi connectivity index (χ4n) is 7.46. The number of aliphatic hydroxyl groups is 4. The summed E-state index contributed by atoms with van der Waals surface area (Å²) in [5, 5.41) is 44.7. The van der Waals surface area contributed by atoms with E-state index < -0.39 is 59.9 Å². The number of aliphatic hydroxyl groups excluding tert-OH is 4. The number of nitrogens with one attached hydrogen (secondary N) is 1. The molecule has 7 atom stereocenters. The molecule has 57 heavy (non-hydrogen) atoms. The van der Waals surface area contributed by atoms with Gasteiger partial charge in [-0.25, -0.2) is 4.18 Å². The summed E-state index contributed by atoms with van der Waals surface area (Å²) in [5.41, 5.74) is 0. The number of rotatable bonds is 39. The highest BCUT2D eigenvalue weighted by atomic mass is 32.3. The van der Waals surface area contributed by atoms with Crippen molar-refractivity contribution < 1.29 is 51.8 Å². The van der Waals surface area contributed by atoms with E-state index in [2.05, 4.69) is 35.5 Å². The van der Waals surface area contributed by atoms with Gasteiger partial charge < -0.3 is 35.2 Å². The Morgan fingerprint density at radius 3 is 1.58 bits per heavy atom. The zero-order chi connectivity index (χ0) is 42.0. The number of amides is 1. The minimum absolute atomic E-state index is 0.244. The van der Waals surface area contributed by atoms with Gasteiger partial charge in [-0.2, -0.15) is 8.42 Å². The monoisotopic (exact) mass is 836 g/mol. The molecule has 12 nitrogen and oxygen atoms in total. The Morgan fingerprint density at radius 1 is 0.684 bits per heavy atom. The van der Waals surface area contributed by atoms with E-state index in [1.165, 1.54) is 128 Å². The highest BCUT2D eigenvalue weighted by Crippen LogP contribution is 2.26. The van der Waals surface area contributed by atoms with Crippen molar-refractivity contribution in [2.75, 3.05) is 13.2 Å². The first-order valence-corrected chi connectivity index (χ1v) is 24.4. The van der Waals surface area contributed by atoms with Gasteiger partial charge in [-0.05, 0) is 32.1 Å². The molecule has 0 spiro atoms. The van der Waals surface area contributed by atoms with E-state index in [0.717, 1.165) is 44.9 Å². The van der Waals surface area contributed by atoms with Gasteiger partial charge in [0.15, 0.2) is 6.29 Å². The van der Waals surface area contributed by atoms with Crippen LogP contribution in [-0.4, -0.2) is 95.4 Å². The zero-order valence-corrected chi connectivity index (χ0v) is 36.7. The zero-order valence-electron chi connectivity index (χ0n) is 35.9. The van der Waals surface area contributed by atoms with Crippen molar-refractivity contribution in [2.24, 2.45) is 0 Å². The van der Waals surface area contributed by atoms with Crippen LogP contribution in [0.25, 0.3) is 0 Å². The predicted octanol–water partition coefficient (Wildman–Crippen LogP) is 8.77. The van der Waals surface area contributed by atoms with Gasteiger partial charge in [0.1, 0.15) is 24.4 Å². The molecule has 0 radical (unpaired) electrons. The first kappa shape index (κ1) is 53.9. The summed E-state index contributed by atoms with van der Waals surface area (Å²) >= 11 is 0. The van der Waals surface area contributed by atoms with Gasteiger partial charge in [0.2, 0.25) is 5.91 Å². The summed E-state index contributed by atoms with van der Waals surface area (Å²) in [5.74, 6) is -0.265. The van der Waals surface area contributed by atoms with E-state index in [0.29, 0.717) is 12.8 Å². The van der Waals surface area contributed by atoms with Crippen LogP contribution >= 0.6 is 0 Å². The Bertz CT molecular complexity index is 1080. The fraction of sp³-hybridized carbons (Fsp3) is 0.932. The maximum Gasteiger partial charge on any atom is 0.397 e. The van der Waals surface area contributed by atoms with E-state index in [1.54, 1.807) is 0 Å². The van der Waals surface area contributed by atoms with Crippen LogP contribution in [0.15, 0.2) is 12.2 Å². The highest BCUT2D eigenvalue weighted by molar-refractivity contribution is 7.80. The van der Waals surface area contributed by atoms with Crippen LogP contribution in [0, 0.1) is 0 Å². The molecule has 338 valence electrons. The third-order valence-electron chi connectivity index (χ3n) is 11.1. The normalized spacial score (nSPS) is 21.3. The van der Waals surface area contributed by atoms with Crippen molar-refractivity contribution in [1.29, 1.82) is 0 Å². The van der Waals surface area contributed by atoms with Crippen molar-refractivity contribution >= 4 is 16.3 Å². The van der Waals surface area contributed by atoms with Crippen LogP contribution in [-0.2, 0) is 28.9 Å². The lowest BCUT2D eigenvalue weighted by molar-refractivity contribution is -0.298. The molecule has 0 aromatic carbocycles. The average Bonchev–Trinajstić information content (AvgIpc) is 3.18. The van der Waals surface area contributed by atoms with Crippen molar-refractivity contribution in [1.82, 2.24) is 5.32 Å². The molecule has 1 fully saturated rings. The quantitative estimate of drug-likeness (QED) is 0.0197. The highest BCUT2D eigenvalue weighted by Gasteiger charge is 2.48. The molecule has 1 rings (SSSR count). The maximum atomic E-state index is 12.9. The number of carbonyl (C=O) groups excluding carboxylic acids is 1. The van der Waals surface area contributed by atoms with Crippen molar-refractivity contribution in [2.45, 2.75) is 249 Å². The number of carbonyl (C=O) groups is 1. The van der Waals surface area contributed by atoms with Gasteiger partial charge in [0.25, 0.3) is 0 Å². The van der Waals surface area contributed by atoms with Gasteiger partial charge >= 0.3 is 10.4 Å². The lowest BCUT2D eigenvalue weighted by Gasteiger charge is -2.41. The summed E-state index contributed by atoms with van der Waals surface area (Å²) in [6, 6.07) is -0.868. The van der Waals surface area contributed by atoms with E-state index >= 15 is 0 Å². The Kier molecular flexibility index (Phi) is 33.6. The molecule has 7 unspecified atom stereocenters. The third kappa shape index (κ3) is 28.9. The molecule has 1 aliphatic heterocycles. The molecule has 1 aliphatic rings. The molecule has 0 aromatic rings. The van der Waals surface area contributed by atoms with Crippen molar-refractivity contribution in [3.05, 3.63) is 12.2 Å². The Balaban J connectivity index is 2.42. The van der Waals surface area contributed by atoms with Crippen LogP contribution in [0.4, 0.5) is 0 Å². The van der Waals surface area contributed by atoms with Crippen LogP contribution < -0.4 is 5.32 Å². The second-order valence-corrected chi connectivity index (χ2v) is 17.4. The van der Waals surface area contributed by atoms with Crippen molar-refractivity contribution in [3.8, 4) is 0 Å². The van der Waals surface area contributed by atoms with Crippen LogP contribution in [0.5, 0.6) is 0 Å². The summed E-state index contributed by atoms with van der Waals surface area (Å²) in [7, 11) is -5.07. The van der Waals surface area contributed by atoms with E-state index in [-0.39, 0.29) is 18.9 Å². The Labute approximate surface area is 347 Å². The van der Waals surface area contributed by atoms with Gasteiger partial charge in [-0.1, -0.05) is 180 Å². The van der Waals surface area contributed by atoms with Crippen LogP contribution in [0.3, 0.4) is 0 Å². The SMILES string of the molecule is CCCCCC/C=C\CCCC(=O)NC(COC1OC(CO)C(O)C(OS(=O)(=O)O)C1O)C(O)CCCCCCCCCCCCCCCCCCCCCCC. The first-order valence-electron chi connectivity index (χ1n) is 23.1. The molecule has 1 saturated heterocycles. The van der Waals surface area contributed by atoms with Gasteiger partial charge in [-0.3, -0.25) is 9.35 Å². The summed E-state index contributed by atoms with van der Waals surface area (Å²) in [4.78, 5) is 12.9. The molecule has 13 heteroatoms. The smallest absolute Gasteiger partial charge is 0.394 e. The summed E-state index contributed by atoms with van der Waals surface area (Å²) in [6.45, 7) is 3.39. The molecule has 0 aliphatic carbocycles. The fourth-order valence-corrected chi connectivity index (χ4v) is 7.97. The van der Waals surface area contributed by atoms with Gasteiger partial charge in [0, 0.05) is 6.42 Å². The molecule has 0 saturated carbocycles. The number of unbranched alkanes of at least 4 members (excludes halogenated alkanes) is 25. The van der Waals surface area contributed by atoms with Crippen molar-refractivity contribution in [3.63, 3.8) is 0 Å². The average molecular weight is 836 g/mol. The first-order chi connectivity index (χ1) is 27.5. The molecular weight excluding hydrogens is 751 g/mol. The Hall–Kier alpha value is -1.16. The lowest BCUT2D eigenvalue weighted by atomic mass is 9.99. The molecule has 1 heterocycles. The van der Waals surface area contributed by atoms with E-state index in [9.17, 15) is 33.6 Å². The second kappa shape index (κ2) is 35.6. The second-order valence-electron chi connectivity index (χ2n) is 16.3. The minimum atomic E-state index is -5.07. The number of hydrogen-bond donors (Lipinski definition) is 6. The summed E-state index contributed by atoms with van der Waals surface area (Å²) in [6.07, 6.45) is 29.6. The lowest BCUT2D eigenvalue weighted by Crippen LogP contribution is -2.61.